The van der Waals surface area contributed by atoms with Crippen LogP contribution in [0.1, 0.15) is 27.4 Å². The van der Waals surface area contributed by atoms with Gasteiger partial charge in [0.1, 0.15) is 23.8 Å². The molecule has 0 bridgehead atoms. The lowest BCUT2D eigenvalue weighted by atomic mass is 10.0. The number of furan rings is 1. The molecule has 0 radical (unpaired) electrons. The van der Waals surface area contributed by atoms with Gasteiger partial charge in [-0.15, -0.1) is 0 Å². The summed E-state index contributed by atoms with van der Waals surface area (Å²) in [6.45, 7) is -0.145. The van der Waals surface area contributed by atoms with E-state index < -0.39 is 22.8 Å². The van der Waals surface area contributed by atoms with Crippen LogP contribution in [-0.4, -0.2) is 34.8 Å². The Bertz CT molecular complexity index is 1660. The Hall–Kier alpha value is -5.45. The fourth-order valence-electron chi connectivity index (χ4n) is 4.16. The number of hydrogen-bond acceptors (Lipinski definition) is 8. The van der Waals surface area contributed by atoms with E-state index in [0.29, 0.717) is 16.9 Å². The molecule has 4 aromatic rings. The molecule has 39 heavy (non-hydrogen) atoms. The monoisotopic (exact) mass is 527 g/mol. The van der Waals surface area contributed by atoms with Gasteiger partial charge in [0.25, 0.3) is 11.6 Å². The van der Waals surface area contributed by atoms with Gasteiger partial charge in [-0.05, 0) is 40.6 Å². The van der Waals surface area contributed by atoms with Crippen LogP contribution < -0.4 is 10.1 Å². The number of nitrogens with zero attached hydrogens (tertiary/aromatic N) is 2. The van der Waals surface area contributed by atoms with E-state index in [1.807, 2.05) is 30.3 Å². The first kappa shape index (κ1) is 25.2. The number of hydrogen-bond donors (Lipinski definition) is 1. The minimum Gasteiger partial charge on any atom is -0.488 e. The van der Waals surface area contributed by atoms with Crippen LogP contribution >= 0.6 is 0 Å². The minimum atomic E-state index is -0.673. The molecule has 1 N–H and O–H groups in total. The second-order valence-corrected chi connectivity index (χ2v) is 8.55. The first-order valence-corrected chi connectivity index (χ1v) is 11.7. The van der Waals surface area contributed by atoms with Gasteiger partial charge in [-0.1, -0.05) is 42.5 Å². The molecular weight excluding hydrogens is 506 g/mol. The molecule has 3 aromatic carbocycles. The zero-order chi connectivity index (χ0) is 27.5. The van der Waals surface area contributed by atoms with Crippen LogP contribution in [0.15, 0.2) is 82.9 Å². The Morgan fingerprint density at radius 1 is 1.08 bits per heavy atom. The second-order valence-electron chi connectivity index (χ2n) is 8.55. The number of rotatable bonds is 8. The summed E-state index contributed by atoms with van der Waals surface area (Å²) in [5, 5.41) is 15.4. The lowest BCUT2D eigenvalue weighted by Gasteiger charge is -2.13. The first-order valence-electron chi connectivity index (χ1n) is 11.7. The molecule has 2 heterocycles. The highest BCUT2D eigenvalue weighted by Crippen LogP contribution is 2.32. The normalized spacial score (nSPS) is 14.1. The van der Waals surface area contributed by atoms with Crippen molar-refractivity contribution < 1.29 is 33.2 Å². The quantitative estimate of drug-likeness (QED) is 0.113. The molecule has 0 atom stereocenters. The first-order chi connectivity index (χ1) is 18.8. The highest BCUT2D eigenvalue weighted by Gasteiger charge is 2.34. The van der Waals surface area contributed by atoms with Crippen LogP contribution in [0.3, 0.4) is 0 Å². The summed E-state index contributed by atoms with van der Waals surface area (Å²) in [5.41, 5.74) is 1.12. The molecule has 1 aliphatic heterocycles. The van der Waals surface area contributed by atoms with Crippen molar-refractivity contribution in [1.29, 1.82) is 0 Å². The summed E-state index contributed by atoms with van der Waals surface area (Å²) in [6.07, 6.45) is 1.54. The number of imide groups is 1. The Morgan fingerprint density at radius 2 is 1.90 bits per heavy atom. The molecule has 0 aliphatic carbocycles. The van der Waals surface area contributed by atoms with E-state index in [2.05, 4.69) is 10.1 Å². The van der Waals surface area contributed by atoms with E-state index in [1.165, 1.54) is 37.5 Å². The summed E-state index contributed by atoms with van der Waals surface area (Å²) >= 11 is 0. The molecule has 1 aromatic heterocycles. The van der Waals surface area contributed by atoms with Crippen LogP contribution in [0.4, 0.5) is 10.5 Å². The number of nitrogens with one attached hydrogen (secondary N) is 1. The van der Waals surface area contributed by atoms with Crippen LogP contribution in [0.2, 0.25) is 0 Å². The Labute approximate surface area is 221 Å². The zero-order valence-electron chi connectivity index (χ0n) is 20.6. The maximum Gasteiger partial charge on any atom is 0.373 e. The van der Waals surface area contributed by atoms with Crippen LogP contribution in [0, 0.1) is 10.1 Å². The van der Waals surface area contributed by atoms with E-state index in [-0.39, 0.29) is 36.1 Å². The van der Waals surface area contributed by atoms with Gasteiger partial charge in [-0.3, -0.25) is 19.8 Å². The van der Waals surface area contributed by atoms with Crippen LogP contribution in [0.25, 0.3) is 16.8 Å². The number of non-ortho nitro benzene ring substituents is 1. The maximum atomic E-state index is 13.2. The van der Waals surface area contributed by atoms with Gasteiger partial charge in [-0.2, -0.15) is 0 Å². The zero-order valence-corrected chi connectivity index (χ0v) is 20.6. The number of carbonyl (C=O) groups excluding carboxylic acids is 3. The van der Waals surface area contributed by atoms with Crippen molar-refractivity contribution in [3.63, 3.8) is 0 Å². The number of nitro benzene ring substituents is 1. The van der Waals surface area contributed by atoms with E-state index >= 15 is 0 Å². The summed E-state index contributed by atoms with van der Waals surface area (Å²) in [6, 6.07) is 19.4. The average Bonchev–Trinajstić information content (AvgIpc) is 3.52. The molecule has 1 saturated heterocycles. The summed E-state index contributed by atoms with van der Waals surface area (Å²) in [7, 11) is 1.22. The van der Waals surface area contributed by atoms with Crippen molar-refractivity contribution in [1.82, 2.24) is 10.2 Å². The predicted octanol–water partition coefficient (Wildman–Crippen LogP) is 4.80. The van der Waals surface area contributed by atoms with Crippen molar-refractivity contribution in [2.45, 2.75) is 13.2 Å². The molecule has 11 heteroatoms. The second kappa shape index (κ2) is 10.5. The highest BCUT2D eigenvalue weighted by atomic mass is 16.6. The van der Waals surface area contributed by atoms with Gasteiger partial charge in [0.05, 0.1) is 18.6 Å². The SMILES string of the molecule is COC(=O)c1ccc(CN2C(=O)N/C(=C\c3c(OCc4cccc([N+](=O)[O-])c4)ccc4ccccc34)C2=O)o1. The largest absolute Gasteiger partial charge is 0.488 e. The molecule has 0 unspecified atom stereocenters. The number of urea groups is 1. The molecule has 0 spiro atoms. The topological polar surface area (TPSA) is 141 Å². The van der Waals surface area contributed by atoms with Crippen molar-refractivity contribution in [3.05, 3.63) is 111 Å². The molecule has 1 fully saturated rings. The fraction of sp³-hybridized carbons (Fsp3) is 0.107. The minimum absolute atomic E-state index is 0.0244. The number of methoxy groups -OCH3 is 1. The highest BCUT2D eigenvalue weighted by molar-refractivity contribution is 6.14. The summed E-state index contributed by atoms with van der Waals surface area (Å²) in [4.78, 5) is 49.1. The van der Waals surface area contributed by atoms with Crippen LogP contribution in [-0.2, 0) is 22.7 Å². The third-order valence-corrected chi connectivity index (χ3v) is 6.06. The van der Waals surface area contributed by atoms with Gasteiger partial charge >= 0.3 is 12.0 Å². The molecule has 5 rings (SSSR count). The van der Waals surface area contributed by atoms with E-state index in [0.717, 1.165) is 15.7 Å². The summed E-state index contributed by atoms with van der Waals surface area (Å²) in [5.74, 6) is -0.661. The van der Waals surface area contributed by atoms with Gasteiger partial charge in [0.15, 0.2) is 0 Å². The number of esters is 1. The number of benzene rings is 3. The smallest absolute Gasteiger partial charge is 0.373 e. The Balaban J connectivity index is 1.44. The molecular formula is C28H21N3O8. The van der Waals surface area contributed by atoms with E-state index in [9.17, 15) is 24.5 Å². The van der Waals surface area contributed by atoms with Gasteiger partial charge in [0.2, 0.25) is 5.76 Å². The lowest BCUT2D eigenvalue weighted by Crippen LogP contribution is -2.30. The third kappa shape index (κ3) is 5.18. The predicted molar refractivity (Wildman–Crippen MR) is 138 cm³/mol. The number of fused-ring (bicyclic) bond motifs is 1. The Kier molecular flexibility index (Phi) is 6.79. The molecule has 0 saturated carbocycles. The van der Waals surface area contributed by atoms with Gasteiger partial charge < -0.3 is 19.2 Å². The van der Waals surface area contributed by atoms with Gasteiger partial charge in [0, 0.05) is 17.7 Å². The average molecular weight is 527 g/mol. The number of ether oxygens (including phenoxy) is 2. The van der Waals surface area contributed by atoms with Crippen molar-refractivity contribution in [2.75, 3.05) is 7.11 Å². The Morgan fingerprint density at radius 3 is 2.69 bits per heavy atom. The number of nitro groups is 1. The third-order valence-electron chi connectivity index (χ3n) is 6.06. The number of carbonyl (C=O) groups is 3. The van der Waals surface area contributed by atoms with E-state index in [4.69, 9.17) is 9.15 Å². The standard InChI is InChI=1S/C28H21N3O8/c1-37-27(33)25-12-10-20(39-25)15-30-26(32)23(29-28(30)34)14-22-21-8-3-2-6-18(21)9-11-24(22)38-16-17-5-4-7-19(13-17)31(35)36/h2-14H,15-16H2,1H3,(H,29,34)/b23-14-. The summed E-state index contributed by atoms with van der Waals surface area (Å²) < 4.78 is 16.0. The molecule has 1 aliphatic rings. The number of amides is 3. The van der Waals surface area contributed by atoms with Crippen molar-refractivity contribution in [2.24, 2.45) is 0 Å². The van der Waals surface area contributed by atoms with Crippen LogP contribution in [0.5, 0.6) is 5.75 Å². The maximum absolute atomic E-state index is 13.2. The van der Waals surface area contributed by atoms with Gasteiger partial charge in [-0.25, -0.2) is 9.59 Å². The fourth-order valence-corrected chi connectivity index (χ4v) is 4.16. The molecule has 11 nitrogen and oxygen atoms in total. The van der Waals surface area contributed by atoms with E-state index in [1.54, 1.807) is 18.2 Å². The van der Waals surface area contributed by atoms with Crippen molar-refractivity contribution >= 4 is 40.4 Å². The molecule has 196 valence electrons. The molecule has 3 amide bonds. The van der Waals surface area contributed by atoms with Crippen molar-refractivity contribution in [3.8, 4) is 5.75 Å². The lowest BCUT2D eigenvalue weighted by molar-refractivity contribution is -0.384.